The van der Waals surface area contributed by atoms with Crippen LogP contribution in [0.15, 0.2) is 12.1 Å². The van der Waals surface area contributed by atoms with Crippen LogP contribution in [0.2, 0.25) is 0 Å². The highest BCUT2D eigenvalue weighted by atomic mass is 35.5. The number of carbonyl (C=O) groups is 1. The fourth-order valence-corrected chi connectivity index (χ4v) is 8.52. The van der Waals surface area contributed by atoms with Crippen molar-refractivity contribution in [1.29, 1.82) is 0 Å². The van der Waals surface area contributed by atoms with Crippen molar-refractivity contribution < 1.29 is 27.1 Å². The third-order valence-corrected chi connectivity index (χ3v) is 10.2. The molecule has 1 N–H and O–H groups in total. The summed E-state index contributed by atoms with van der Waals surface area (Å²) in [5.74, 6) is 0.376. The lowest BCUT2D eigenvalue weighted by atomic mass is 9.54. The molecule has 0 spiro atoms. The van der Waals surface area contributed by atoms with Crippen molar-refractivity contribution in [1.82, 2.24) is 9.03 Å². The summed E-state index contributed by atoms with van der Waals surface area (Å²) in [5.41, 5.74) is 0.528. The third kappa shape index (κ3) is 4.22. The second-order valence-electron chi connectivity index (χ2n) is 10.8. The van der Waals surface area contributed by atoms with Gasteiger partial charge in [0.25, 0.3) is 5.91 Å². The van der Waals surface area contributed by atoms with Gasteiger partial charge in [0.05, 0.1) is 18.8 Å². The van der Waals surface area contributed by atoms with Crippen molar-refractivity contribution in [3.63, 3.8) is 0 Å². The average Bonchev–Trinajstić information content (AvgIpc) is 3.61. The van der Waals surface area contributed by atoms with Gasteiger partial charge in [-0.2, -0.15) is 12.7 Å². The van der Waals surface area contributed by atoms with Crippen LogP contribution in [0.1, 0.15) is 66.8 Å². The molecule has 34 heavy (non-hydrogen) atoms. The Morgan fingerprint density at radius 3 is 2.44 bits per heavy atom. The van der Waals surface area contributed by atoms with E-state index in [-0.39, 0.29) is 48.8 Å². The zero-order chi connectivity index (χ0) is 23.7. The molecule has 0 radical (unpaired) electrons. The van der Waals surface area contributed by atoms with Gasteiger partial charge in [-0.25, -0.2) is 9.11 Å². The Morgan fingerprint density at radius 1 is 1.15 bits per heavy atom. The average molecular weight is 513 g/mol. The molecule has 1 aromatic rings. The maximum atomic E-state index is 15.2. The van der Waals surface area contributed by atoms with Gasteiger partial charge in [-0.3, -0.25) is 4.79 Å². The molecule has 186 valence electrons. The van der Waals surface area contributed by atoms with Crippen molar-refractivity contribution in [2.45, 2.75) is 61.8 Å². The Balaban J connectivity index is 1.24. The number of halogens is 2. The Kier molecular flexibility index (Phi) is 5.63. The summed E-state index contributed by atoms with van der Waals surface area (Å²) >= 11 is 6.86. The van der Waals surface area contributed by atoms with Crippen molar-refractivity contribution in [2.24, 2.45) is 17.8 Å². The number of morpholine rings is 1. The molecule has 6 aliphatic rings. The van der Waals surface area contributed by atoms with Crippen LogP contribution >= 0.6 is 11.6 Å². The number of alkyl halides is 1. The normalized spacial score (nSPS) is 35.4. The van der Waals surface area contributed by atoms with Gasteiger partial charge >= 0.3 is 10.2 Å². The number of benzene rings is 1. The van der Waals surface area contributed by atoms with Crippen LogP contribution < -0.4 is 9.46 Å². The number of nitrogens with one attached hydrogen (secondary N) is 1. The van der Waals surface area contributed by atoms with E-state index in [1.165, 1.54) is 12.1 Å². The van der Waals surface area contributed by atoms with Crippen LogP contribution in [0.4, 0.5) is 4.39 Å². The minimum Gasteiger partial charge on any atom is -0.489 e. The third-order valence-electron chi connectivity index (χ3n) is 8.27. The number of rotatable bonds is 6. The fourth-order valence-electron chi connectivity index (χ4n) is 6.80. The van der Waals surface area contributed by atoms with Gasteiger partial charge < -0.3 is 9.47 Å². The monoisotopic (exact) mass is 512 g/mol. The lowest BCUT2D eigenvalue weighted by molar-refractivity contribution is -0.0700. The van der Waals surface area contributed by atoms with Gasteiger partial charge in [0.2, 0.25) is 0 Å². The van der Waals surface area contributed by atoms with Crippen LogP contribution in [-0.2, 0) is 14.9 Å². The molecule has 1 heterocycles. The largest absolute Gasteiger partial charge is 0.489 e. The van der Waals surface area contributed by atoms with Gasteiger partial charge in [0, 0.05) is 24.0 Å². The van der Waals surface area contributed by atoms with Crippen molar-refractivity contribution in [2.75, 3.05) is 26.3 Å². The molecule has 5 atom stereocenters. The highest BCUT2D eigenvalue weighted by molar-refractivity contribution is 7.87. The number of ether oxygens (including phenoxy) is 2. The number of hydrogen-bond acceptors (Lipinski definition) is 5. The van der Waals surface area contributed by atoms with E-state index in [2.05, 4.69) is 0 Å². The Labute approximate surface area is 204 Å². The maximum Gasteiger partial charge on any atom is 0.304 e. The summed E-state index contributed by atoms with van der Waals surface area (Å²) in [5, 5.41) is 0. The molecular formula is C24H30ClFN2O5S. The number of carbonyl (C=O) groups excluding carboxylic acids is 1. The van der Waals surface area contributed by atoms with Crippen LogP contribution in [0.5, 0.6) is 5.75 Å². The van der Waals surface area contributed by atoms with Gasteiger partial charge in [0.1, 0.15) is 17.7 Å². The maximum absolute atomic E-state index is 15.2. The molecule has 5 saturated carbocycles. The van der Waals surface area contributed by atoms with E-state index in [1.54, 1.807) is 0 Å². The van der Waals surface area contributed by atoms with Crippen molar-refractivity contribution in [3.8, 4) is 5.75 Å². The van der Waals surface area contributed by atoms with E-state index in [0.717, 1.165) is 54.8 Å². The molecule has 1 aliphatic heterocycles. The van der Waals surface area contributed by atoms with Gasteiger partial charge in [-0.15, -0.1) is 11.6 Å². The van der Waals surface area contributed by atoms with Gasteiger partial charge in [-0.05, 0) is 80.2 Å². The molecule has 7 nitrogen and oxygen atoms in total. The van der Waals surface area contributed by atoms with Crippen LogP contribution in [0.25, 0.3) is 0 Å². The zero-order valence-electron chi connectivity index (χ0n) is 19.0. The molecular weight excluding hydrogens is 483 g/mol. The van der Waals surface area contributed by atoms with Crippen molar-refractivity contribution >= 4 is 27.7 Å². The first-order valence-corrected chi connectivity index (χ1v) is 14.1. The molecule has 1 aromatic carbocycles. The first kappa shape index (κ1) is 23.0. The number of amides is 1. The summed E-state index contributed by atoms with van der Waals surface area (Å²) in [6, 6.07) is 2.77. The summed E-state index contributed by atoms with van der Waals surface area (Å²) in [4.78, 5) is 12.7. The van der Waals surface area contributed by atoms with E-state index in [1.807, 2.05) is 4.72 Å². The minimum absolute atomic E-state index is 0.0155. The Morgan fingerprint density at radius 2 is 1.82 bits per heavy atom. The Bertz CT molecular complexity index is 1090. The molecule has 0 aromatic heterocycles. The molecule has 6 fully saturated rings. The first-order valence-electron chi connectivity index (χ1n) is 12.3. The molecule has 1 amide bonds. The summed E-state index contributed by atoms with van der Waals surface area (Å²) in [7, 11) is -4.07. The SMILES string of the molecule is O=C(NS(=O)(=O)N1CCOCC1)c1cc(C2CC2)c(OC2C3CC4C[C@H]2CC(Cl)(C4)C3)cc1F. The van der Waals surface area contributed by atoms with Gasteiger partial charge in [-0.1, -0.05) is 0 Å². The predicted molar refractivity (Wildman–Crippen MR) is 124 cm³/mol. The summed E-state index contributed by atoms with van der Waals surface area (Å²) < 4.78 is 55.2. The second kappa shape index (κ2) is 8.32. The van der Waals surface area contributed by atoms with E-state index >= 15 is 4.39 Å². The molecule has 4 bridgehead atoms. The van der Waals surface area contributed by atoms with E-state index < -0.39 is 21.9 Å². The zero-order valence-corrected chi connectivity index (χ0v) is 20.5. The molecule has 7 rings (SSSR count). The van der Waals surface area contributed by atoms with E-state index in [0.29, 0.717) is 23.5 Å². The van der Waals surface area contributed by atoms with E-state index in [4.69, 9.17) is 21.1 Å². The lowest BCUT2D eigenvalue weighted by Gasteiger charge is -2.57. The standard InChI is InChI=1S/C24H30ClFN2O5S/c25-24-11-14-7-16(12-24)22(17(8-14)13-24)33-21-10-20(26)19(9-18(21)15-1-2-15)23(29)27-34(30,31)28-3-5-32-6-4-28/h9-10,14-17,22H,1-8,11-13H2,(H,27,29)/t14?,16-,17?,22?,24?/m0/s1. The predicted octanol–water partition coefficient (Wildman–Crippen LogP) is 3.57. The van der Waals surface area contributed by atoms with Gasteiger partial charge in [0.15, 0.2) is 0 Å². The fraction of sp³-hybridized carbons (Fsp3) is 0.708. The molecule has 1 saturated heterocycles. The number of hydrogen-bond donors (Lipinski definition) is 1. The van der Waals surface area contributed by atoms with E-state index in [9.17, 15) is 13.2 Å². The second-order valence-corrected chi connectivity index (χ2v) is 13.3. The highest BCUT2D eigenvalue weighted by Gasteiger charge is 2.56. The van der Waals surface area contributed by atoms with Crippen LogP contribution in [0.3, 0.4) is 0 Å². The quantitative estimate of drug-likeness (QED) is 0.589. The minimum atomic E-state index is -4.07. The first-order chi connectivity index (χ1) is 16.2. The summed E-state index contributed by atoms with van der Waals surface area (Å²) in [6.45, 7) is 0.824. The van der Waals surface area contributed by atoms with Crippen molar-refractivity contribution in [3.05, 3.63) is 29.1 Å². The molecule has 10 heteroatoms. The molecule has 5 aliphatic carbocycles. The topological polar surface area (TPSA) is 84.9 Å². The van der Waals surface area contributed by atoms with Crippen LogP contribution in [-0.4, -0.2) is 55.9 Å². The van der Waals surface area contributed by atoms with Crippen LogP contribution in [0, 0.1) is 23.6 Å². The summed E-state index contributed by atoms with van der Waals surface area (Å²) in [6.07, 6.45) is 7.09. The lowest BCUT2D eigenvalue weighted by Crippen LogP contribution is -2.56. The molecule has 4 unspecified atom stereocenters. The smallest absolute Gasteiger partial charge is 0.304 e. The highest BCUT2D eigenvalue weighted by Crippen LogP contribution is 2.59. The number of nitrogens with zero attached hydrogens (tertiary/aromatic N) is 1. The Hall–Kier alpha value is -1.42.